The predicted molar refractivity (Wildman–Crippen MR) is 85.9 cm³/mol. The molecule has 3 nitrogen and oxygen atoms in total. The molecule has 0 aromatic heterocycles. The van der Waals surface area contributed by atoms with Gasteiger partial charge in [-0.05, 0) is 30.7 Å². The van der Waals surface area contributed by atoms with E-state index in [1.807, 2.05) is 67.6 Å². The number of amides is 1. The highest BCUT2D eigenvalue weighted by Crippen LogP contribution is 2.18. The summed E-state index contributed by atoms with van der Waals surface area (Å²) in [5, 5.41) is 0. The Balaban J connectivity index is 2.21. The van der Waals surface area contributed by atoms with Crippen LogP contribution in [0, 0.1) is 0 Å². The maximum Gasteiger partial charge on any atom is 0.253 e. The Hall–Kier alpha value is -2.39. The molecule has 0 aliphatic heterocycles. The van der Waals surface area contributed by atoms with Crippen molar-refractivity contribution >= 4 is 17.7 Å². The first-order valence-electron chi connectivity index (χ1n) is 6.86. The van der Waals surface area contributed by atoms with Crippen molar-refractivity contribution in [1.29, 1.82) is 0 Å². The molecular weight excluding hydrogens is 262 g/mol. The Labute approximate surface area is 125 Å². The van der Waals surface area contributed by atoms with Gasteiger partial charge in [-0.1, -0.05) is 48.5 Å². The fourth-order valence-electron chi connectivity index (χ4n) is 2.02. The van der Waals surface area contributed by atoms with Crippen molar-refractivity contribution in [2.45, 2.75) is 13.2 Å². The molecule has 0 N–H and O–H groups in total. The third-order valence-corrected chi connectivity index (χ3v) is 3.19. The molecule has 108 valence electrons. The lowest BCUT2D eigenvalue weighted by Crippen LogP contribution is -2.38. The lowest BCUT2D eigenvalue weighted by molar-refractivity contribution is -0.116. The fourth-order valence-corrected chi connectivity index (χ4v) is 2.02. The Morgan fingerprint density at radius 1 is 1.05 bits per heavy atom. The van der Waals surface area contributed by atoms with Crippen molar-refractivity contribution in [2.24, 2.45) is 0 Å². The van der Waals surface area contributed by atoms with Crippen molar-refractivity contribution in [3.05, 3.63) is 72.3 Å². The van der Waals surface area contributed by atoms with Crippen LogP contribution >= 0.6 is 0 Å². The van der Waals surface area contributed by atoms with E-state index < -0.39 is 0 Å². The summed E-state index contributed by atoms with van der Waals surface area (Å²) in [5.74, 6) is -0.112. The summed E-state index contributed by atoms with van der Waals surface area (Å²) in [6.45, 7) is 1.85. The van der Waals surface area contributed by atoms with E-state index in [0.717, 1.165) is 11.3 Å². The minimum Gasteiger partial charge on any atom is -0.361 e. The maximum absolute atomic E-state index is 12.5. The molecule has 0 fully saturated rings. The zero-order valence-electron chi connectivity index (χ0n) is 12.3. The quantitative estimate of drug-likeness (QED) is 0.617. The number of benzene rings is 2. The molecule has 0 heterocycles. The number of anilines is 1. The van der Waals surface area contributed by atoms with Gasteiger partial charge >= 0.3 is 0 Å². The average molecular weight is 281 g/mol. The second-order valence-corrected chi connectivity index (χ2v) is 4.62. The third kappa shape index (κ3) is 4.04. The largest absolute Gasteiger partial charge is 0.361 e. The van der Waals surface area contributed by atoms with Gasteiger partial charge in [0.15, 0.2) is 0 Å². The molecule has 0 bridgehead atoms. The van der Waals surface area contributed by atoms with Gasteiger partial charge in [0.1, 0.15) is 6.23 Å². The first kappa shape index (κ1) is 15.0. The average Bonchev–Trinajstić information content (AvgIpc) is 2.55. The van der Waals surface area contributed by atoms with Gasteiger partial charge in [-0.25, -0.2) is 0 Å². The van der Waals surface area contributed by atoms with E-state index in [1.165, 1.54) is 0 Å². The van der Waals surface area contributed by atoms with Crippen LogP contribution in [0.2, 0.25) is 0 Å². The minimum atomic E-state index is -0.333. The maximum atomic E-state index is 12.5. The Kier molecular flexibility index (Phi) is 5.29. The molecule has 0 aliphatic carbocycles. The van der Waals surface area contributed by atoms with Crippen molar-refractivity contribution in [3.63, 3.8) is 0 Å². The molecular formula is C18H19NO2. The zero-order chi connectivity index (χ0) is 15.1. The van der Waals surface area contributed by atoms with E-state index in [2.05, 4.69) is 0 Å². The van der Waals surface area contributed by atoms with Crippen molar-refractivity contribution in [3.8, 4) is 0 Å². The van der Waals surface area contributed by atoms with E-state index in [-0.39, 0.29) is 12.1 Å². The van der Waals surface area contributed by atoms with Crippen LogP contribution in [0.1, 0.15) is 12.5 Å². The molecule has 1 unspecified atom stereocenters. The molecule has 2 aromatic carbocycles. The summed E-state index contributed by atoms with van der Waals surface area (Å²) >= 11 is 0. The number of hydrogen-bond acceptors (Lipinski definition) is 2. The van der Waals surface area contributed by atoms with Gasteiger partial charge in [0.05, 0.1) is 0 Å². The molecule has 0 spiro atoms. The van der Waals surface area contributed by atoms with Gasteiger partial charge in [0.25, 0.3) is 5.91 Å². The Morgan fingerprint density at radius 2 is 1.62 bits per heavy atom. The highest BCUT2D eigenvalue weighted by Gasteiger charge is 2.19. The Bertz CT molecular complexity index is 593. The summed E-state index contributed by atoms with van der Waals surface area (Å²) in [4.78, 5) is 14.1. The summed E-state index contributed by atoms with van der Waals surface area (Å²) in [5.41, 5.74) is 1.80. The summed E-state index contributed by atoms with van der Waals surface area (Å²) in [6, 6.07) is 19.2. The second-order valence-electron chi connectivity index (χ2n) is 4.62. The van der Waals surface area contributed by atoms with Crippen LogP contribution in [0.5, 0.6) is 0 Å². The number of carbonyl (C=O) groups is 1. The van der Waals surface area contributed by atoms with Crippen LogP contribution in [0.3, 0.4) is 0 Å². The van der Waals surface area contributed by atoms with Crippen LogP contribution in [0.15, 0.2) is 66.7 Å². The van der Waals surface area contributed by atoms with E-state index in [0.29, 0.717) is 0 Å². The lowest BCUT2D eigenvalue weighted by Gasteiger charge is -2.27. The third-order valence-electron chi connectivity index (χ3n) is 3.19. The van der Waals surface area contributed by atoms with E-state index in [9.17, 15) is 4.79 Å². The van der Waals surface area contributed by atoms with E-state index in [4.69, 9.17) is 4.74 Å². The number of rotatable bonds is 5. The van der Waals surface area contributed by atoms with Crippen LogP contribution in [0.4, 0.5) is 5.69 Å². The van der Waals surface area contributed by atoms with E-state index >= 15 is 0 Å². The lowest BCUT2D eigenvalue weighted by atomic mass is 10.2. The smallest absolute Gasteiger partial charge is 0.253 e. The van der Waals surface area contributed by atoms with Gasteiger partial charge in [-0.15, -0.1) is 0 Å². The standard InChI is InChI=1S/C18H19NO2/c1-15(21-2)19(17-11-7-4-8-12-17)18(20)14-13-16-9-5-3-6-10-16/h3-15H,1-2H3/b14-13+. The minimum absolute atomic E-state index is 0.112. The Morgan fingerprint density at radius 3 is 2.19 bits per heavy atom. The van der Waals surface area contributed by atoms with Crippen LogP contribution in [-0.4, -0.2) is 19.2 Å². The van der Waals surface area contributed by atoms with Gasteiger partial charge < -0.3 is 4.74 Å². The summed E-state index contributed by atoms with van der Waals surface area (Å²) < 4.78 is 5.31. The summed E-state index contributed by atoms with van der Waals surface area (Å²) in [6.07, 6.45) is 3.04. The number of ether oxygens (including phenoxy) is 1. The van der Waals surface area contributed by atoms with Gasteiger partial charge in [-0.3, -0.25) is 9.69 Å². The van der Waals surface area contributed by atoms with Gasteiger partial charge in [0, 0.05) is 18.9 Å². The van der Waals surface area contributed by atoms with Gasteiger partial charge in [0.2, 0.25) is 0 Å². The van der Waals surface area contributed by atoms with Crippen LogP contribution < -0.4 is 4.90 Å². The molecule has 1 atom stereocenters. The molecule has 3 heteroatoms. The van der Waals surface area contributed by atoms with Crippen molar-refractivity contribution < 1.29 is 9.53 Å². The van der Waals surface area contributed by atoms with Gasteiger partial charge in [-0.2, -0.15) is 0 Å². The second kappa shape index (κ2) is 7.41. The highest BCUT2D eigenvalue weighted by molar-refractivity contribution is 6.04. The monoisotopic (exact) mass is 281 g/mol. The molecule has 0 radical (unpaired) electrons. The highest BCUT2D eigenvalue weighted by atomic mass is 16.5. The zero-order valence-corrected chi connectivity index (χ0v) is 12.3. The summed E-state index contributed by atoms with van der Waals surface area (Å²) in [7, 11) is 1.59. The topological polar surface area (TPSA) is 29.5 Å². The van der Waals surface area contributed by atoms with Crippen molar-refractivity contribution in [1.82, 2.24) is 0 Å². The number of carbonyl (C=O) groups excluding carboxylic acids is 1. The number of methoxy groups -OCH3 is 1. The van der Waals surface area contributed by atoms with E-state index in [1.54, 1.807) is 24.2 Å². The molecule has 0 saturated carbocycles. The van der Waals surface area contributed by atoms with Crippen LogP contribution in [-0.2, 0) is 9.53 Å². The number of nitrogens with zero attached hydrogens (tertiary/aromatic N) is 1. The molecule has 2 aromatic rings. The first-order chi connectivity index (χ1) is 10.2. The molecule has 21 heavy (non-hydrogen) atoms. The molecule has 0 saturated heterocycles. The van der Waals surface area contributed by atoms with Crippen LogP contribution in [0.25, 0.3) is 6.08 Å². The number of para-hydroxylation sites is 1. The number of hydrogen-bond donors (Lipinski definition) is 0. The molecule has 1 amide bonds. The normalized spacial score (nSPS) is 12.3. The molecule has 2 rings (SSSR count). The van der Waals surface area contributed by atoms with Crippen molar-refractivity contribution in [2.75, 3.05) is 12.0 Å². The molecule has 0 aliphatic rings. The SMILES string of the molecule is COC(C)N(C(=O)/C=C/c1ccccc1)c1ccccc1. The fraction of sp³-hybridized carbons (Fsp3) is 0.167. The predicted octanol–water partition coefficient (Wildman–Crippen LogP) is 3.73. The first-order valence-corrected chi connectivity index (χ1v) is 6.86.